The summed E-state index contributed by atoms with van der Waals surface area (Å²) in [4.78, 5) is 11.5. The molecule has 0 atom stereocenters. The van der Waals surface area contributed by atoms with Crippen LogP contribution in [0.1, 0.15) is 72.6 Å². The number of unbranched alkanes of at least 4 members (excludes halogenated alkanes) is 3. The predicted molar refractivity (Wildman–Crippen MR) is 107 cm³/mol. The second kappa shape index (κ2) is 11.5. The average Bonchev–Trinajstić information content (AvgIpc) is 2.54. The molecule has 0 saturated carbocycles. The molecule has 0 unspecified atom stereocenters. The van der Waals surface area contributed by atoms with E-state index in [0.717, 1.165) is 12.6 Å². The molecule has 0 radical (unpaired) electrons. The molecule has 0 aromatic carbocycles. The molecule has 0 aromatic rings. The Bertz CT molecular complexity index is 344. The summed E-state index contributed by atoms with van der Waals surface area (Å²) in [6.07, 6.45) is 12.8. The molecule has 0 aliphatic heterocycles. The van der Waals surface area contributed by atoms with Crippen molar-refractivity contribution in [3.05, 3.63) is 12.2 Å². The second-order valence-electron chi connectivity index (χ2n) is 7.04. The Morgan fingerprint density at radius 2 is 1.30 bits per heavy atom. The molecule has 0 saturated heterocycles. The van der Waals surface area contributed by atoms with Crippen LogP contribution in [0.15, 0.2) is 12.2 Å². The van der Waals surface area contributed by atoms with Gasteiger partial charge in [-0.25, -0.2) is 0 Å². The van der Waals surface area contributed by atoms with E-state index in [9.17, 15) is 4.79 Å². The summed E-state index contributed by atoms with van der Waals surface area (Å²) >= 11 is 7.48. The Balaban J connectivity index is 4.83. The molecule has 0 rings (SSSR count). The van der Waals surface area contributed by atoms with Gasteiger partial charge in [0.05, 0.1) is 0 Å². The van der Waals surface area contributed by atoms with E-state index in [1.165, 1.54) is 57.0 Å². The van der Waals surface area contributed by atoms with Crippen LogP contribution in [0.2, 0.25) is 0 Å². The fraction of sp³-hybridized carbons (Fsp3) is 0.842. The van der Waals surface area contributed by atoms with E-state index in [1.54, 1.807) is 6.92 Å². The number of rotatable bonds is 14. The summed E-state index contributed by atoms with van der Waals surface area (Å²) in [5.74, 6) is -2.47. The second-order valence-corrected chi connectivity index (χ2v) is 15.3. The van der Waals surface area contributed by atoms with Crippen molar-refractivity contribution in [2.75, 3.05) is 31.3 Å². The minimum absolute atomic E-state index is 0.282. The molecule has 0 bridgehead atoms. The van der Waals surface area contributed by atoms with Crippen LogP contribution in [0.4, 0.5) is 0 Å². The van der Waals surface area contributed by atoms with Gasteiger partial charge in [-0.05, 0) is 0 Å². The standard InChI is InChI=1S/C19H38ClO2P/c1-6-9-14-23(20,15-10-7-2,16-11-8-3)17-12-13-22-19(21)18(4)5/h4,6-17H2,1-3,5H3. The average molecular weight is 365 g/mol. The molecule has 0 aliphatic rings. The van der Waals surface area contributed by atoms with E-state index < -0.39 is 5.96 Å². The first-order valence-electron chi connectivity index (χ1n) is 9.36. The Morgan fingerprint density at radius 3 is 1.65 bits per heavy atom. The zero-order valence-corrected chi connectivity index (χ0v) is 17.5. The van der Waals surface area contributed by atoms with Crippen LogP contribution < -0.4 is 0 Å². The summed E-state index contributed by atoms with van der Waals surface area (Å²) < 4.78 is 5.28. The van der Waals surface area contributed by atoms with Crippen molar-refractivity contribution in [3.63, 3.8) is 0 Å². The first-order chi connectivity index (χ1) is 10.8. The van der Waals surface area contributed by atoms with Crippen molar-refractivity contribution < 1.29 is 9.53 Å². The van der Waals surface area contributed by atoms with Gasteiger partial charge < -0.3 is 0 Å². The van der Waals surface area contributed by atoms with Gasteiger partial charge in [-0.1, -0.05) is 0 Å². The monoisotopic (exact) mass is 364 g/mol. The van der Waals surface area contributed by atoms with Gasteiger partial charge in [0.15, 0.2) is 0 Å². The first kappa shape index (κ1) is 22.9. The van der Waals surface area contributed by atoms with Crippen molar-refractivity contribution in [1.29, 1.82) is 0 Å². The van der Waals surface area contributed by atoms with Gasteiger partial charge in [0.1, 0.15) is 0 Å². The summed E-state index contributed by atoms with van der Waals surface area (Å²) in [5.41, 5.74) is 0.469. The van der Waals surface area contributed by atoms with Gasteiger partial charge in [0.25, 0.3) is 0 Å². The molecule has 0 fully saturated rings. The van der Waals surface area contributed by atoms with E-state index in [4.69, 9.17) is 16.0 Å². The first-order valence-corrected chi connectivity index (χ1v) is 13.2. The molecule has 2 nitrogen and oxygen atoms in total. The van der Waals surface area contributed by atoms with E-state index in [2.05, 4.69) is 27.4 Å². The molecule has 0 amide bonds. The van der Waals surface area contributed by atoms with Crippen molar-refractivity contribution >= 4 is 23.2 Å². The Labute approximate surface area is 149 Å². The molecule has 0 aromatic heterocycles. The molecule has 138 valence electrons. The number of esters is 1. The number of carbonyl (C=O) groups is 1. The molecule has 0 aliphatic carbocycles. The Hall–Kier alpha value is -0.0700. The van der Waals surface area contributed by atoms with Crippen molar-refractivity contribution in [2.45, 2.75) is 72.6 Å². The van der Waals surface area contributed by atoms with Crippen LogP contribution in [0.3, 0.4) is 0 Å². The van der Waals surface area contributed by atoms with E-state index in [1.807, 2.05) is 0 Å². The van der Waals surface area contributed by atoms with Gasteiger partial charge in [0.2, 0.25) is 0 Å². The maximum atomic E-state index is 11.5. The molecule has 0 N–H and O–H groups in total. The van der Waals surface area contributed by atoms with Crippen molar-refractivity contribution in [1.82, 2.24) is 0 Å². The third-order valence-corrected chi connectivity index (χ3v) is 12.4. The summed E-state index contributed by atoms with van der Waals surface area (Å²) in [5, 5.41) is 0. The summed E-state index contributed by atoms with van der Waals surface area (Å²) in [6.45, 7) is 12.5. The van der Waals surface area contributed by atoms with Crippen LogP contribution in [-0.4, -0.2) is 37.2 Å². The third-order valence-electron chi connectivity index (χ3n) is 4.65. The van der Waals surface area contributed by atoms with Gasteiger partial charge in [0, 0.05) is 0 Å². The van der Waals surface area contributed by atoms with Crippen molar-refractivity contribution in [2.24, 2.45) is 0 Å². The zero-order valence-electron chi connectivity index (χ0n) is 15.8. The molecule has 23 heavy (non-hydrogen) atoms. The van der Waals surface area contributed by atoms with E-state index >= 15 is 0 Å². The fourth-order valence-electron chi connectivity index (χ4n) is 3.08. The maximum absolute atomic E-state index is 11.5. The van der Waals surface area contributed by atoms with Gasteiger partial charge in [-0.3, -0.25) is 0 Å². The number of halogens is 1. The van der Waals surface area contributed by atoms with Crippen molar-refractivity contribution in [3.8, 4) is 0 Å². The van der Waals surface area contributed by atoms with Gasteiger partial charge in [-0.2, -0.15) is 0 Å². The molecule has 0 spiro atoms. The number of ether oxygens (including phenoxy) is 1. The normalized spacial score (nSPS) is 13.3. The summed E-state index contributed by atoms with van der Waals surface area (Å²) in [6, 6.07) is 0. The van der Waals surface area contributed by atoms with Crippen LogP contribution >= 0.6 is 17.2 Å². The zero-order chi connectivity index (χ0) is 17.8. The topological polar surface area (TPSA) is 26.3 Å². The van der Waals surface area contributed by atoms with Crippen LogP contribution in [0.25, 0.3) is 0 Å². The summed E-state index contributed by atoms with van der Waals surface area (Å²) in [7, 11) is 0. The minimum atomic E-state index is -2.19. The van der Waals surface area contributed by atoms with Crippen LogP contribution in [0.5, 0.6) is 0 Å². The SMILES string of the molecule is C=C(C)C(=O)OCCCP(Cl)(CCCC)(CCCC)CCCC. The van der Waals surface area contributed by atoms with E-state index in [-0.39, 0.29) is 5.97 Å². The van der Waals surface area contributed by atoms with Crippen LogP contribution in [0, 0.1) is 0 Å². The molecule has 0 heterocycles. The predicted octanol–water partition coefficient (Wildman–Crippen LogP) is 6.60. The molecule has 4 heteroatoms. The van der Waals surface area contributed by atoms with Crippen LogP contribution in [-0.2, 0) is 9.53 Å². The number of hydrogen-bond donors (Lipinski definition) is 0. The number of hydrogen-bond acceptors (Lipinski definition) is 2. The quantitative estimate of drug-likeness (QED) is 0.150. The molecular formula is C19H38ClO2P. The Morgan fingerprint density at radius 1 is 0.913 bits per heavy atom. The van der Waals surface area contributed by atoms with Gasteiger partial charge >= 0.3 is 149 Å². The molecular weight excluding hydrogens is 327 g/mol. The van der Waals surface area contributed by atoms with Gasteiger partial charge in [-0.15, -0.1) is 0 Å². The fourth-order valence-corrected chi connectivity index (χ4v) is 10.1. The van der Waals surface area contributed by atoms with E-state index in [0.29, 0.717) is 12.2 Å². The number of carbonyl (C=O) groups excluding carboxylic acids is 1. The third kappa shape index (κ3) is 9.11. The Kier molecular flexibility index (Phi) is 11.4.